The van der Waals surface area contributed by atoms with Gasteiger partial charge in [-0.2, -0.15) is 0 Å². The normalized spacial score (nSPS) is 14.8. The minimum absolute atomic E-state index is 0.0628. The van der Waals surface area contributed by atoms with Crippen molar-refractivity contribution >= 4 is 17.8 Å². The zero-order valence-corrected chi connectivity index (χ0v) is 10.5. The van der Waals surface area contributed by atoms with Crippen molar-refractivity contribution < 1.29 is 24.6 Å². The number of unbranched alkanes of at least 4 members (excludes halogenated alkanes) is 1. The minimum atomic E-state index is -0.870. The van der Waals surface area contributed by atoms with Crippen LogP contribution in [0, 0.1) is 0 Å². The fourth-order valence-electron chi connectivity index (χ4n) is 1.46. The van der Waals surface area contributed by atoms with Crippen molar-refractivity contribution in [1.29, 1.82) is 0 Å². The lowest BCUT2D eigenvalue weighted by Gasteiger charge is -1.93. The first kappa shape index (κ1) is 16.4. The van der Waals surface area contributed by atoms with Crippen molar-refractivity contribution in [3.05, 3.63) is 0 Å². The molecule has 6 heteroatoms. The molecule has 1 fully saturated rings. The van der Waals surface area contributed by atoms with E-state index in [-0.39, 0.29) is 18.7 Å². The Kier molecular flexibility index (Phi) is 9.62. The molecule has 0 aromatic heterocycles. The first-order valence-electron chi connectivity index (χ1n) is 6.22. The summed E-state index contributed by atoms with van der Waals surface area (Å²) in [7, 11) is 0. The number of carbonyl (C=O) groups is 3. The van der Waals surface area contributed by atoms with Gasteiger partial charge in [-0.15, -0.1) is 0 Å². The van der Waals surface area contributed by atoms with Gasteiger partial charge in [0.25, 0.3) is 0 Å². The summed E-state index contributed by atoms with van der Waals surface area (Å²) in [4.78, 5) is 30.4. The van der Waals surface area contributed by atoms with Gasteiger partial charge in [0.15, 0.2) is 0 Å². The lowest BCUT2D eigenvalue weighted by Crippen LogP contribution is -2.21. The SMILES string of the molecule is O=C(O)CCCCC(=O)O.O=C1CCCCCN1. The molecule has 0 aromatic carbocycles. The first-order chi connectivity index (χ1) is 8.52. The fourth-order valence-corrected chi connectivity index (χ4v) is 1.46. The number of carboxylic acids is 2. The zero-order chi connectivity index (χ0) is 13.8. The van der Waals surface area contributed by atoms with Crippen LogP contribution in [0.25, 0.3) is 0 Å². The van der Waals surface area contributed by atoms with E-state index in [2.05, 4.69) is 5.32 Å². The summed E-state index contributed by atoms with van der Waals surface area (Å²) in [6.45, 7) is 0.888. The van der Waals surface area contributed by atoms with E-state index in [0.29, 0.717) is 12.8 Å². The van der Waals surface area contributed by atoms with E-state index in [4.69, 9.17) is 10.2 Å². The number of nitrogens with one attached hydrogen (secondary N) is 1. The maximum Gasteiger partial charge on any atom is 0.303 e. The minimum Gasteiger partial charge on any atom is -0.481 e. The maximum absolute atomic E-state index is 10.6. The van der Waals surface area contributed by atoms with Gasteiger partial charge in [-0.3, -0.25) is 14.4 Å². The molecule has 18 heavy (non-hydrogen) atoms. The molecular formula is C12H21NO5. The standard InChI is InChI=1S/C6H11NO.C6H10O4/c8-6-4-2-1-3-5-7-6;7-5(8)3-1-2-4-6(9)10/h1-5H2,(H,7,8);1-4H2,(H,7,8)(H,9,10). The molecule has 1 amide bonds. The number of amides is 1. The van der Waals surface area contributed by atoms with Crippen LogP contribution in [-0.2, 0) is 14.4 Å². The number of carbonyl (C=O) groups excluding carboxylic acids is 1. The Morgan fingerprint density at radius 1 is 1.00 bits per heavy atom. The Labute approximate surface area is 106 Å². The van der Waals surface area contributed by atoms with E-state index in [1.165, 1.54) is 6.42 Å². The summed E-state index contributed by atoms with van der Waals surface area (Å²) < 4.78 is 0. The molecule has 0 saturated carbocycles. The van der Waals surface area contributed by atoms with E-state index in [1.54, 1.807) is 0 Å². The highest BCUT2D eigenvalue weighted by molar-refractivity contribution is 5.75. The van der Waals surface area contributed by atoms with Gasteiger partial charge in [-0.05, 0) is 25.7 Å². The molecule has 0 aromatic rings. The van der Waals surface area contributed by atoms with Crippen molar-refractivity contribution in [2.75, 3.05) is 6.54 Å². The van der Waals surface area contributed by atoms with Gasteiger partial charge in [-0.25, -0.2) is 0 Å². The number of rotatable bonds is 5. The summed E-state index contributed by atoms with van der Waals surface area (Å²) in [6.07, 6.45) is 5.19. The topological polar surface area (TPSA) is 104 Å². The van der Waals surface area contributed by atoms with Crippen LogP contribution < -0.4 is 5.32 Å². The average Bonchev–Trinajstić information content (AvgIpc) is 2.53. The van der Waals surface area contributed by atoms with Crippen molar-refractivity contribution in [3.63, 3.8) is 0 Å². The molecule has 1 aliphatic heterocycles. The van der Waals surface area contributed by atoms with E-state index >= 15 is 0 Å². The Morgan fingerprint density at radius 3 is 2.06 bits per heavy atom. The summed E-state index contributed by atoms with van der Waals surface area (Å²) in [5.41, 5.74) is 0. The predicted octanol–water partition coefficient (Wildman–Crippen LogP) is 1.39. The predicted molar refractivity (Wildman–Crippen MR) is 65.2 cm³/mol. The van der Waals surface area contributed by atoms with E-state index < -0.39 is 11.9 Å². The van der Waals surface area contributed by atoms with Crippen LogP contribution in [0.4, 0.5) is 0 Å². The first-order valence-corrected chi connectivity index (χ1v) is 6.22. The molecule has 0 bridgehead atoms. The fraction of sp³-hybridized carbons (Fsp3) is 0.750. The Hall–Kier alpha value is -1.59. The van der Waals surface area contributed by atoms with Gasteiger partial charge in [0, 0.05) is 25.8 Å². The smallest absolute Gasteiger partial charge is 0.303 e. The summed E-state index contributed by atoms with van der Waals surface area (Å²) in [6, 6.07) is 0. The lowest BCUT2D eigenvalue weighted by atomic mass is 10.2. The van der Waals surface area contributed by atoms with Crippen molar-refractivity contribution in [1.82, 2.24) is 5.32 Å². The molecule has 0 radical (unpaired) electrons. The Morgan fingerprint density at radius 2 is 1.56 bits per heavy atom. The summed E-state index contributed by atoms with van der Waals surface area (Å²) >= 11 is 0. The maximum atomic E-state index is 10.6. The van der Waals surface area contributed by atoms with Crippen LogP contribution in [0.15, 0.2) is 0 Å². The molecule has 1 aliphatic rings. The number of hydrogen-bond acceptors (Lipinski definition) is 3. The molecule has 1 heterocycles. The summed E-state index contributed by atoms with van der Waals surface area (Å²) in [5, 5.41) is 19.1. The summed E-state index contributed by atoms with van der Waals surface area (Å²) in [5.74, 6) is -1.52. The Bertz CT molecular complexity index is 252. The molecule has 0 spiro atoms. The van der Waals surface area contributed by atoms with Gasteiger partial charge in [0.2, 0.25) is 5.91 Å². The van der Waals surface area contributed by atoms with E-state index in [9.17, 15) is 14.4 Å². The highest BCUT2D eigenvalue weighted by Gasteiger charge is 2.03. The van der Waals surface area contributed by atoms with Crippen LogP contribution in [0.2, 0.25) is 0 Å². The molecule has 3 N–H and O–H groups in total. The van der Waals surface area contributed by atoms with Crippen LogP contribution in [0.3, 0.4) is 0 Å². The third kappa shape index (κ3) is 12.5. The molecule has 0 aliphatic carbocycles. The molecule has 1 saturated heterocycles. The van der Waals surface area contributed by atoms with E-state index in [1.807, 2.05) is 0 Å². The zero-order valence-electron chi connectivity index (χ0n) is 10.5. The number of aliphatic carboxylic acids is 2. The molecule has 6 nitrogen and oxygen atoms in total. The van der Waals surface area contributed by atoms with Crippen LogP contribution in [0.5, 0.6) is 0 Å². The second-order valence-electron chi connectivity index (χ2n) is 4.16. The third-order valence-electron chi connectivity index (χ3n) is 2.43. The molecule has 104 valence electrons. The molecular weight excluding hydrogens is 238 g/mol. The number of carboxylic acid groups (broad SMARTS) is 2. The van der Waals surface area contributed by atoms with Gasteiger partial charge < -0.3 is 15.5 Å². The highest BCUT2D eigenvalue weighted by Crippen LogP contribution is 2.02. The molecule has 0 unspecified atom stereocenters. The third-order valence-corrected chi connectivity index (χ3v) is 2.43. The van der Waals surface area contributed by atoms with Gasteiger partial charge in [-0.1, -0.05) is 6.42 Å². The quantitative estimate of drug-likeness (QED) is 0.647. The van der Waals surface area contributed by atoms with Gasteiger partial charge >= 0.3 is 11.9 Å². The Balaban J connectivity index is 0.000000327. The molecule has 0 atom stereocenters. The van der Waals surface area contributed by atoms with Gasteiger partial charge in [0.05, 0.1) is 0 Å². The monoisotopic (exact) mass is 259 g/mol. The van der Waals surface area contributed by atoms with Crippen molar-refractivity contribution in [3.8, 4) is 0 Å². The molecule has 1 rings (SSSR count). The second-order valence-corrected chi connectivity index (χ2v) is 4.16. The highest BCUT2D eigenvalue weighted by atomic mass is 16.4. The second kappa shape index (κ2) is 10.6. The van der Waals surface area contributed by atoms with Crippen LogP contribution >= 0.6 is 0 Å². The lowest BCUT2D eigenvalue weighted by molar-refractivity contribution is -0.139. The van der Waals surface area contributed by atoms with Crippen LogP contribution in [-0.4, -0.2) is 34.6 Å². The largest absolute Gasteiger partial charge is 0.481 e. The number of hydrogen-bond donors (Lipinski definition) is 3. The van der Waals surface area contributed by atoms with Crippen LogP contribution in [0.1, 0.15) is 51.4 Å². The van der Waals surface area contributed by atoms with Crippen molar-refractivity contribution in [2.45, 2.75) is 51.4 Å². The van der Waals surface area contributed by atoms with Gasteiger partial charge in [0.1, 0.15) is 0 Å². The van der Waals surface area contributed by atoms with Crippen molar-refractivity contribution in [2.24, 2.45) is 0 Å². The average molecular weight is 259 g/mol. The van der Waals surface area contributed by atoms with E-state index in [0.717, 1.165) is 25.8 Å².